The molecule has 0 rings (SSSR count). The van der Waals surface area contributed by atoms with Crippen LogP contribution in [0.1, 0.15) is 6.92 Å². The van der Waals surface area contributed by atoms with E-state index in [9.17, 15) is 18.0 Å². The molecule has 0 aromatic heterocycles. The summed E-state index contributed by atoms with van der Waals surface area (Å²) in [6.45, 7) is 4.49. The van der Waals surface area contributed by atoms with Crippen molar-refractivity contribution in [3.05, 3.63) is 24.3 Å². The molecule has 0 atom stereocenters. The van der Waals surface area contributed by atoms with Gasteiger partial charge in [-0.15, -0.1) is 0 Å². The lowest BCUT2D eigenvalue weighted by Crippen LogP contribution is -2.12. The Hall–Kier alpha value is -1.26. The maximum absolute atomic E-state index is 12.0. The molecule has 0 amide bonds. The van der Waals surface area contributed by atoms with Gasteiger partial charge in [-0.1, -0.05) is 12.7 Å². The number of rotatable bonds is 3. The molecule has 0 heterocycles. The number of ether oxygens (including phenoxy) is 1. The summed E-state index contributed by atoms with van der Waals surface area (Å²) in [7, 11) is 0. The van der Waals surface area contributed by atoms with Crippen molar-refractivity contribution in [2.75, 3.05) is 6.61 Å². The fraction of sp³-hybridized carbons (Fsp3) is 0.375. The first-order valence-corrected chi connectivity index (χ1v) is 3.50. The van der Waals surface area contributed by atoms with Crippen LogP contribution in [-0.2, 0) is 9.53 Å². The number of alkyl halides is 3. The summed E-state index contributed by atoms with van der Waals surface area (Å²) in [6.07, 6.45) is -3.62. The van der Waals surface area contributed by atoms with E-state index in [1.165, 1.54) is 6.92 Å². The molecule has 0 aliphatic heterocycles. The van der Waals surface area contributed by atoms with Crippen LogP contribution in [0.15, 0.2) is 24.3 Å². The number of hydrogen-bond acceptors (Lipinski definition) is 2. The van der Waals surface area contributed by atoms with Gasteiger partial charge in [-0.2, -0.15) is 13.2 Å². The maximum atomic E-state index is 12.0. The first kappa shape index (κ1) is 11.7. The molecule has 13 heavy (non-hydrogen) atoms. The minimum absolute atomic E-state index is 0.0393. The van der Waals surface area contributed by atoms with Crippen molar-refractivity contribution in [1.82, 2.24) is 0 Å². The lowest BCUT2D eigenvalue weighted by atomic mass is 10.2. The molecule has 0 unspecified atom stereocenters. The standard InChI is InChI=1S/C8H9F3O2/c1-3-6(8(9,10)11)5-7(12)13-4-2/h3,5H,1,4H2,2H3/b6-5+. The summed E-state index contributed by atoms with van der Waals surface area (Å²) >= 11 is 0. The van der Waals surface area contributed by atoms with E-state index < -0.39 is 17.7 Å². The number of esters is 1. The minimum Gasteiger partial charge on any atom is -0.463 e. The van der Waals surface area contributed by atoms with E-state index >= 15 is 0 Å². The average Bonchev–Trinajstić information content (AvgIpc) is 1.98. The van der Waals surface area contributed by atoms with E-state index in [2.05, 4.69) is 11.3 Å². The monoisotopic (exact) mass is 194 g/mol. The SMILES string of the molecule is C=C/C(=C\C(=O)OCC)C(F)(F)F. The second-order valence-corrected chi connectivity index (χ2v) is 2.05. The maximum Gasteiger partial charge on any atom is 0.416 e. The third kappa shape index (κ3) is 4.35. The van der Waals surface area contributed by atoms with Crippen LogP contribution in [0.25, 0.3) is 0 Å². The van der Waals surface area contributed by atoms with E-state index in [1.807, 2.05) is 0 Å². The Bertz CT molecular complexity index is 228. The summed E-state index contributed by atoms with van der Waals surface area (Å²) < 4.78 is 40.2. The molecule has 0 spiro atoms. The molecular formula is C8H9F3O2. The van der Waals surface area contributed by atoms with Crippen molar-refractivity contribution in [3.8, 4) is 0 Å². The fourth-order valence-corrected chi connectivity index (χ4v) is 0.567. The highest BCUT2D eigenvalue weighted by molar-refractivity contribution is 5.83. The van der Waals surface area contributed by atoms with E-state index in [-0.39, 0.29) is 6.61 Å². The molecule has 0 aliphatic rings. The Labute approximate surface area is 73.7 Å². The molecule has 0 aromatic rings. The quantitative estimate of drug-likeness (QED) is 0.391. The lowest BCUT2D eigenvalue weighted by Gasteiger charge is -2.06. The van der Waals surface area contributed by atoms with Crippen molar-refractivity contribution in [2.45, 2.75) is 13.1 Å². The van der Waals surface area contributed by atoms with Crippen LogP contribution in [0.2, 0.25) is 0 Å². The number of carbonyl (C=O) groups excluding carboxylic acids is 1. The van der Waals surface area contributed by atoms with E-state index in [0.717, 1.165) is 0 Å². The van der Waals surface area contributed by atoms with Gasteiger partial charge < -0.3 is 4.74 Å². The van der Waals surface area contributed by atoms with Crippen LogP contribution < -0.4 is 0 Å². The molecule has 74 valence electrons. The molecule has 2 nitrogen and oxygen atoms in total. The van der Waals surface area contributed by atoms with Crippen LogP contribution in [-0.4, -0.2) is 18.8 Å². The number of carbonyl (C=O) groups is 1. The van der Waals surface area contributed by atoms with Gasteiger partial charge in [0.1, 0.15) is 0 Å². The molecule has 5 heteroatoms. The summed E-state index contributed by atoms with van der Waals surface area (Å²) in [4.78, 5) is 10.6. The van der Waals surface area contributed by atoms with Crippen LogP contribution >= 0.6 is 0 Å². The van der Waals surface area contributed by atoms with Crippen LogP contribution in [0.4, 0.5) is 13.2 Å². The van der Waals surface area contributed by atoms with Gasteiger partial charge in [-0.3, -0.25) is 0 Å². The third-order valence-corrected chi connectivity index (χ3v) is 1.11. The normalized spacial score (nSPS) is 12.5. The number of hydrogen-bond donors (Lipinski definition) is 0. The zero-order valence-corrected chi connectivity index (χ0v) is 7.02. The lowest BCUT2D eigenvalue weighted by molar-refractivity contribution is -0.138. The summed E-state index contributed by atoms with van der Waals surface area (Å²) in [6, 6.07) is 0. The first-order chi connectivity index (χ1) is 5.91. The molecular weight excluding hydrogens is 185 g/mol. The third-order valence-electron chi connectivity index (χ3n) is 1.11. The highest BCUT2D eigenvalue weighted by Crippen LogP contribution is 2.25. The van der Waals surface area contributed by atoms with Crippen molar-refractivity contribution in [1.29, 1.82) is 0 Å². The van der Waals surface area contributed by atoms with Gasteiger partial charge >= 0.3 is 12.1 Å². The second kappa shape index (κ2) is 4.69. The molecule has 0 N–H and O–H groups in total. The van der Waals surface area contributed by atoms with E-state index in [4.69, 9.17) is 0 Å². The molecule has 0 aromatic carbocycles. The molecule has 0 aliphatic carbocycles. The predicted octanol–water partition coefficient (Wildman–Crippen LogP) is 2.22. The molecule has 0 fully saturated rings. The Kier molecular flexibility index (Phi) is 4.23. The molecule has 0 saturated heterocycles. The topological polar surface area (TPSA) is 26.3 Å². The first-order valence-electron chi connectivity index (χ1n) is 3.50. The Balaban J connectivity index is 4.58. The number of halogens is 3. The van der Waals surface area contributed by atoms with Gasteiger partial charge in [0, 0.05) is 6.08 Å². The Morgan fingerprint density at radius 3 is 2.38 bits per heavy atom. The van der Waals surface area contributed by atoms with Gasteiger partial charge in [0.05, 0.1) is 12.2 Å². The van der Waals surface area contributed by atoms with Gasteiger partial charge in [-0.05, 0) is 6.92 Å². The van der Waals surface area contributed by atoms with Gasteiger partial charge in [0.2, 0.25) is 0 Å². The summed E-state index contributed by atoms with van der Waals surface area (Å²) in [5.41, 5.74) is -1.11. The zero-order chi connectivity index (χ0) is 10.5. The number of allylic oxidation sites excluding steroid dienone is 2. The van der Waals surface area contributed by atoms with Crippen molar-refractivity contribution < 1.29 is 22.7 Å². The smallest absolute Gasteiger partial charge is 0.416 e. The fourth-order valence-electron chi connectivity index (χ4n) is 0.567. The minimum atomic E-state index is -4.56. The molecule has 0 bridgehead atoms. The Morgan fingerprint density at radius 2 is 2.08 bits per heavy atom. The second-order valence-electron chi connectivity index (χ2n) is 2.05. The molecule has 0 radical (unpaired) electrons. The zero-order valence-electron chi connectivity index (χ0n) is 7.02. The van der Waals surface area contributed by atoms with Crippen LogP contribution in [0.3, 0.4) is 0 Å². The average molecular weight is 194 g/mol. The van der Waals surface area contributed by atoms with Gasteiger partial charge in [-0.25, -0.2) is 4.79 Å². The van der Waals surface area contributed by atoms with Crippen LogP contribution in [0, 0.1) is 0 Å². The summed E-state index contributed by atoms with van der Waals surface area (Å²) in [5.74, 6) is -1.02. The van der Waals surface area contributed by atoms with E-state index in [0.29, 0.717) is 12.2 Å². The predicted molar refractivity (Wildman–Crippen MR) is 41.0 cm³/mol. The van der Waals surface area contributed by atoms with Crippen molar-refractivity contribution >= 4 is 5.97 Å². The van der Waals surface area contributed by atoms with Gasteiger partial charge in [0.25, 0.3) is 0 Å². The van der Waals surface area contributed by atoms with Crippen molar-refractivity contribution in [3.63, 3.8) is 0 Å². The highest BCUT2D eigenvalue weighted by Gasteiger charge is 2.32. The van der Waals surface area contributed by atoms with Gasteiger partial charge in [0.15, 0.2) is 0 Å². The Morgan fingerprint density at radius 1 is 1.54 bits per heavy atom. The van der Waals surface area contributed by atoms with Crippen LogP contribution in [0.5, 0.6) is 0 Å². The molecule has 0 saturated carbocycles. The largest absolute Gasteiger partial charge is 0.463 e. The van der Waals surface area contributed by atoms with Crippen molar-refractivity contribution in [2.24, 2.45) is 0 Å². The highest BCUT2D eigenvalue weighted by atomic mass is 19.4. The summed E-state index contributed by atoms with van der Waals surface area (Å²) in [5, 5.41) is 0. The van der Waals surface area contributed by atoms with E-state index in [1.54, 1.807) is 0 Å².